The van der Waals surface area contributed by atoms with Crippen molar-refractivity contribution in [2.75, 3.05) is 0 Å². The molecule has 0 saturated carbocycles. The van der Waals surface area contributed by atoms with Gasteiger partial charge in [-0.1, -0.05) is 134 Å². The van der Waals surface area contributed by atoms with Crippen LogP contribution in [0.15, 0.2) is 181 Å². The highest BCUT2D eigenvalue weighted by molar-refractivity contribution is 6.98. The van der Waals surface area contributed by atoms with Gasteiger partial charge in [0.2, 0.25) is 13.4 Å². The van der Waals surface area contributed by atoms with Crippen LogP contribution in [0.3, 0.4) is 0 Å². The van der Waals surface area contributed by atoms with Gasteiger partial charge in [0.05, 0.1) is 0 Å². The second-order valence-electron chi connectivity index (χ2n) is 26.2. The average molecular weight is 1160 g/mol. The molecule has 0 radical (unpaired) electrons. The number of fused-ring (bicyclic) bond motifs is 7. The molecule has 436 valence electrons. The van der Waals surface area contributed by atoms with Gasteiger partial charge in [0.25, 0.3) is 0 Å². The Bertz CT molecular complexity index is 5040. The lowest BCUT2D eigenvalue weighted by atomic mass is 9.29. The fourth-order valence-corrected chi connectivity index (χ4v) is 17.4. The van der Waals surface area contributed by atoms with E-state index >= 15 is 0 Å². The maximum absolute atomic E-state index is 6.82. The highest BCUT2D eigenvalue weighted by Crippen LogP contribution is 2.41. The predicted molar refractivity (Wildman–Crippen MR) is 380 cm³/mol. The Morgan fingerprint density at radius 3 is 1.19 bits per heavy atom. The van der Waals surface area contributed by atoms with Gasteiger partial charge in [0, 0.05) is 82.6 Å². The average Bonchev–Trinajstić information content (AvgIpc) is 0.784. The van der Waals surface area contributed by atoms with Gasteiger partial charge in [0.15, 0.2) is 0 Å². The molecule has 0 saturated heterocycles. The Labute approximate surface area is 530 Å². The van der Waals surface area contributed by atoms with Crippen LogP contribution in [0.5, 0.6) is 0 Å². The molecule has 13 aromatic rings. The molecule has 90 heavy (non-hydrogen) atoms. The molecule has 5 nitrogen and oxygen atoms in total. The van der Waals surface area contributed by atoms with Crippen LogP contribution in [0.2, 0.25) is 0 Å². The fourth-order valence-electron chi connectivity index (χ4n) is 17.4. The van der Waals surface area contributed by atoms with Crippen molar-refractivity contribution in [3.63, 3.8) is 0 Å². The van der Waals surface area contributed by atoms with Crippen LogP contribution in [-0.4, -0.2) is 33.4 Å². The lowest BCUT2D eigenvalue weighted by Gasteiger charge is -2.38. The molecule has 0 amide bonds. The van der Waals surface area contributed by atoms with E-state index in [1.165, 1.54) is 183 Å². The van der Waals surface area contributed by atoms with Gasteiger partial charge in [-0.25, -0.2) is 0 Å². The molecular formula is C83H72B2N4O. The van der Waals surface area contributed by atoms with Crippen LogP contribution in [0.1, 0.15) is 94.6 Å². The number of rotatable bonds is 9. The third kappa shape index (κ3) is 8.97. The van der Waals surface area contributed by atoms with E-state index in [0.29, 0.717) is 0 Å². The first-order valence-electron chi connectivity index (χ1n) is 31.9. The Kier molecular flexibility index (Phi) is 13.8. The maximum Gasteiger partial charge on any atom is 0.243 e. The number of pyridine rings is 4. The summed E-state index contributed by atoms with van der Waals surface area (Å²) in [5, 5.41) is 2.23. The van der Waals surface area contributed by atoms with Crippen molar-refractivity contribution in [3.05, 3.63) is 272 Å². The molecule has 7 heteroatoms. The third-order valence-electron chi connectivity index (χ3n) is 20.6. The SMILES string of the molecule is Cc1cc(C)c(-c2cccnc2)c(C)c1B(c1c(C)cc(C)c(-c2cccnc2)c1C)c1c(C)cc(C)c(-c2ccc3oc4ccc(-c5cc6c7c(c5)Cc5c(c(C)cc(C)c5-c5cccnc5)B7c5c(cc(C)c(-c7cccnc7)c5C)C6)cc4c3c2)c1C. The fraction of sp³-hybridized carbons (Fsp3) is 0.181. The number of hydrogen-bond donors (Lipinski definition) is 0. The second kappa shape index (κ2) is 21.8. The van der Waals surface area contributed by atoms with E-state index in [2.05, 4.69) is 237 Å². The minimum Gasteiger partial charge on any atom is -0.456 e. The van der Waals surface area contributed by atoms with Gasteiger partial charge in [-0.3, -0.25) is 19.9 Å². The quantitative estimate of drug-likeness (QED) is 0.135. The molecule has 15 rings (SSSR count). The normalized spacial score (nSPS) is 12.4. The summed E-state index contributed by atoms with van der Waals surface area (Å²) in [7, 11) is 0. The number of furan rings is 1. The van der Waals surface area contributed by atoms with Gasteiger partial charge < -0.3 is 4.42 Å². The Morgan fingerprint density at radius 2 is 0.711 bits per heavy atom. The molecule has 0 aliphatic carbocycles. The van der Waals surface area contributed by atoms with Crippen LogP contribution >= 0.6 is 0 Å². The summed E-state index contributed by atoms with van der Waals surface area (Å²) in [5.74, 6) is 0. The molecule has 2 aliphatic heterocycles. The summed E-state index contributed by atoms with van der Waals surface area (Å²) in [4.78, 5) is 18.5. The van der Waals surface area contributed by atoms with Gasteiger partial charge in [-0.15, -0.1) is 0 Å². The van der Waals surface area contributed by atoms with Crippen molar-refractivity contribution >= 4 is 68.1 Å². The maximum atomic E-state index is 6.82. The number of aromatic nitrogens is 4. The topological polar surface area (TPSA) is 64.7 Å². The zero-order valence-electron chi connectivity index (χ0n) is 54.0. The second-order valence-corrected chi connectivity index (χ2v) is 26.2. The summed E-state index contributed by atoms with van der Waals surface area (Å²) in [6.07, 6.45) is 17.3. The molecule has 5 aromatic heterocycles. The smallest absolute Gasteiger partial charge is 0.243 e. The van der Waals surface area contributed by atoms with E-state index < -0.39 is 0 Å². The van der Waals surface area contributed by atoms with E-state index in [9.17, 15) is 0 Å². The van der Waals surface area contributed by atoms with Gasteiger partial charge in [-0.2, -0.15) is 0 Å². The molecule has 8 aromatic carbocycles. The standard InChI is InChI=1S/C83H72B2N4O/c1-45-30-50(6)78(84(79-51(7)31-46(2)74(55(79)11)60-18-14-26-86-41-60)80-52(8)32-47(3)75(56(80)12)61-19-15-27-87-42-61)54(10)73(45)59-23-25-72-69(39-59)68-38-58(22-24-71(68)90-72)64-35-66-37-65-34-49(5)76(62-20-16-28-88-43-62)57(13)82(65)85-81-53(9)33-48(4)77(63-21-17-29-89-44-63)70(81)40-67(36-64)83(66)85/h14-36,38-39,41-44H,37,40H2,1-13H3. The Hall–Kier alpha value is -9.71. The van der Waals surface area contributed by atoms with Gasteiger partial charge >= 0.3 is 0 Å². The number of nitrogens with zero attached hydrogens (tertiary/aromatic N) is 4. The molecule has 2 aliphatic rings. The van der Waals surface area contributed by atoms with Crippen LogP contribution in [0.4, 0.5) is 0 Å². The molecular weight excluding hydrogens is 1090 g/mol. The minimum absolute atomic E-state index is 0.0790. The summed E-state index contributed by atoms with van der Waals surface area (Å²) < 4.78 is 6.82. The van der Waals surface area contributed by atoms with Crippen molar-refractivity contribution in [2.24, 2.45) is 0 Å². The first-order valence-corrected chi connectivity index (χ1v) is 31.9. The van der Waals surface area contributed by atoms with Crippen molar-refractivity contribution in [2.45, 2.75) is 103 Å². The molecule has 7 heterocycles. The van der Waals surface area contributed by atoms with E-state index in [0.717, 1.165) is 45.9 Å². The highest BCUT2D eigenvalue weighted by Gasteiger charge is 2.42. The molecule has 0 bridgehead atoms. The third-order valence-corrected chi connectivity index (χ3v) is 20.6. The molecule has 0 N–H and O–H groups in total. The summed E-state index contributed by atoms with van der Waals surface area (Å²) in [6, 6.07) is 48.1. The molecule has 0 unspecified atom stereocenters. The van der Waals surface area contributed by atoms with E-state index in [1.54, 1.807) is 0 Å². The molecule has 0 fully saturated rings. The lowest BCUT2D eigenvalue weighted by molar-refractivity contribution is 0.669. The Balaban J connectivity index is 0.903. The number of hydrogen-bond acceptors (Lipinski definition) is 5. The predicted octanol–water partition coefficient (Wildman–Crippen LogP) is 16.0. The summed E-state index contributed by atoms with van der Waals surface area (Å²) in [6.45, 7) is 30.1. The van der Waals surface area contributed by atoms with Crippen LogP contribution in [-0.2, 0) is 12.8 Å². The minimum atomic E-state index is -0.0936. The van der Waals surface area contributed by atoms with E-state index in [4.69, 9.17) is 4.42 Å². The van der Waals surface area contributed by atoms with Crippen molar-refractivity contribution in [1.82, 2.24) is 19.9 Å². The van der Waals surface area contributed by atoms with Crippen LogP contribution in [0.25, 0.3) is 88.7 Å². The van der Waals surface area contributed by atoms with Crippen molar-refractivity contribution < 1.29 is 4.42 Å². The van der Waals surface area contributed by atoms with E-state index in [1.807, 2.05) is 49.6 Å². The molecule has 0 spiro atoms. The first-order chi connectivity index (χ1) is 43.5. The van der Waals surface area contributed by atoms with Crippen molar-refractivity contribution in [1.29, 1.82) is 0 Å². The zero-order valence-corrected chi connectivity index (χ0v) is 54.0. The monoisotopic (exact) mass is 1160 g/mol. The summed E-state index contributed by atoms with van der Waals surface area (Å²) in [5.41, 5.74) is 47.1. The van der Waals surface area contributed by atoms with Gasteiger partial charge in [-0.05, 0) is 268 Å². The highest BCUT2D eigenvalue weighted by atomic mass is 16.3. The number of aryl methyl sites for hydroxylation is 9. The first kappa shape index (κ1) is 56.8. The van der Waals surface area contributed by atoms with Crippen LogP contribution < -0.4 is 32.8 Å². The summed E-state index contributed by atoms with van der Waals surface area (Å²) >= 11 is 0. The van der Waals surface area contributed by atoms with Crippen molar-refractivity contribution in [3.8, 4) is 66.8 Å². The van der Waals surface area contributed by atoms with Gasteiger partial charge in [0.1, 0.15) is 11.2 Å². The van der Waals surface area contributed by atoms with E-state index in [-0.39, 0.29) is 13.4 Å². The van der Waals surface area contributed by atoms with Crippen LogP contribution in [0, 0.1) is 90.0 Å². The lowest BCUT2D eigenvalue weighted by Crippen LogP contribution is -2.62. The zero-order chi connectivity index (χ0) is 62.1. The number of benzene rings is 8. The Morgan fingerprint density at radius 1 is 0.322 bits per heavy atom. The molecule has 0 atom stereocenters. The largest absolute Gasteiger partial charge is 0.456 e.